The van der Waals surface area contributed by atoms with E-state index in [0.717, 1.165) is 31.4 Å². The van der Waals surface area contributed by atoms with Crippen molar-refractivity contribution in [2.45, 2.75) is 31.5 Å². The number of hydrogen-bond acceptors (Lipinski definition) is 1. The highest BCUT2D eigenvalue weighted by molar-refractivity contribution is 6.30. The van der Waals surface area contributed by atoms with E-state index in [1.807, 2.05) is 0 Å². The lowest BCUT2D eigenvalue weighted by molar-refractivity contribution is -0.137. The average Bonchev–Trinajstić information content (AvgIpc) is 2.12. The van der Waals surface area contributed by atoms with Gasteiger partial charge in [-0.05, 0) is 42.5 Å². The number of benzene rings is 1. The molecule has 1 fully saturated rings. The summed E-state index contributed by atoms with van der Waals surface area (Å²) in [5, 5.41) is 0.0876. The molecule has 1 atom stereocenters. The van der Waals surface area contributed by atoms with Crippen LogP contribution in [0.2, 0.25) is 5.02 Å². The molecule has 0 unspecified atom stereocenters. The second-order valence-corrected chi connectivity index (χ2v) is 4.92. The molecule has 0 radical (unpaired) electrons. The SMILES string of the molecule is Cl.N[C@H](c1cc(Cl)cc(C(F)(F)F)c1)C1CCC1. The summed E-state index contributed by atoms with van der Waals surface area (Å²) in [7, 11) is 0. The first-order valence-electron chi connectivity index (χ1n) is 5.51. The highest BCUT2D eigenvalue weighted by Crippen LogP contribution is 2.39. The van der Waals surface area contributed by atoms with Crippen LogP contribution >= 0.6 is 24.0 Å². The van der Waals surface area contributed by atoms with Crippen LogP contribution in [0.25, 0.3) is 0 Å². The quantitative estimate of drug-likeness (QED) is 0.850. The molecular formula is C12H14Cl2F3N. The molecule has 1 nitrogen and oxygen atoms in total. The van der Waals surface area contributed by atoms with E-state index in [1.54, 1.807) is 0 Å². The fraction of sp³-hybridized carbons (Fsp3) is 0.500. The third-order valence-corrected chi connectivity index (χ3v) is 3.51. The molecule has 1 saturated carbocycles. The van der Waals surface area contributed by atoms with Crippen LogP contribution in [-0.4, -0.2) is 0 Å². The Morgan fingerprint density at radius 1 is 1.22 bits per heavy atom. The molecule has 102 valence electrons. The molecule has 0 heterocycles. The normalized spacial score (nSPS) is 17.8. The Kier molecular flexibility index (Phi) is 4.92. The van der Waals surface area contributed by atoms with Crippen LogP contribution in [-0.2, 0) is 6.18 Å². The standard InChI is InChI=1S/C12H13ClF3N.ClH/c13-10-5-8(11(17)7-2-1-3-7)4-9(6-10)12(14,15)16;/h4-7,11H,1-3,17H2;1H/t11-;/m0./s1. The molecular weight excluding hydrogens is 286 g/mol. The Morgan fingerprint density at radius 2 is 1.83 bits per heavy atom. The van der Waals surface area contributed by atoms with Gasteiger partial charge in [0.2, 0.25) is 0 Å². The van der Waals surface area contributed by atoms with Crippen molar-refractivity contribution >= 4 is 24.0 Å². The largest absolute Gasteiger partial charge is 0.416 e. The fourth-order valence-electron chi connectivity index (χ4n) is 2.04. The van der Waals surface area contributed by atoms with E-state index in [2.05, 4.69) is 0 Å². The van der Waals surface area contributed by atoms with Gasteiger partial charge >= 0.3 is 6.18 Å². The summed E-state index contributed by atoms with van der Waals surface area (Å²) in [6.07, 6.45) is -1.31. The lowest BCUT2D eigenvalue weighted by Crippen LogP contribution is -2.27. The molecule has 0 saturated heterocycles. The Balaban J connectivity index is 0.00000162. The van der Waals surface area contributed by atoms with Gasteiger partial charge in [0.15, 0.2) is 0 Å². The third kappa shape index (κ3) is 3.31. The topological polar surface area (TPSA) is 26.0 Å². The number of hydrogen-bond donors (Lipinski definition) is 1. The molecule has 18 heavy (non-hydrogen) atoms. The summed E-state index contributed by atoms with van der Waals surface area (Å²) >= 11 is 5.71. The van der Waals surface area contributed by atoms with E-state index in [-0.39, 0.29) is 29.4 Å². The molecule has 1 aliphatic carbocycles. The smallest absolute Gasteiger partial charge is 0.324 e. The highest BCUT2D eigenvalue weighted by atomic mass is 35.5. The zero-order valence-electron chi connectivity index (χ0n) is 9.51. The van der Waals surface area contributed by atoms with Crippen molar-refractivity contribution in [2.24, 2.45) is 11.7 Å². The lowest BCUT2D eigenvalue weighted by Gasteiger charge is -2.31. The minimum absolute atomic E-state index is 0. The summed E-state index contributed by atoms with van der Waals surface area (Å²) in [6, 6.07) is 3.22. The van der Waals surface area contributed by atoms with Gasteiger partial charge < -0.3 is 5.73 Å². The van der Waals surface area contributed by atoms with Crippen molar-refractivity contribution in [1.82, 2.24) is 0 Å². The molecule has 2 rings (SSSR count). The van der Waals surface area contributed by atoms with E-state index in [4.69, 9.17) is 17.3 Å². The molecule has 0 aromatic heterocycles. The van der Waals surface area contributed by atoms with Gasteiger partial charge in [0.05, 0.1) is 5.56 Å². The summed E-state index contributed by atoms with van der Waals surface area (Å²) in [5.74, 6) is 0.287. The van der Waals surface area contributed by atoms with E-state index in [1.165, 1.54) is 6.07 Å². The van der Waals surface area contributed by atoms with Crippen molar-refractivity contribution in [2.75, 3.05) is 0 Å². The maximum absolute atomic E-state index is 12.6. The molecule has 1 aliphatic rings. The fourth-order valence-corrected chi connectivity index (χ4v) is 2.28. The first kappa shape index (κ1) is 15.6. The van der Waals surface area contributed by atoms with Crippen molar-refractivity contribution in [3.05, 3.63) is 34.3 Å². The van der Waals surface area contributed by atoms with Gasteiger partial charge in [0.25, 0.3) is 0 Å². The van der Waals surface area contributed by atoms with Gasteiger partial charge in [-0.3, -0.25) is 0 Å². The van der Waals surface area contributed by atoms with Crippen LogP contribution in [0.4, 0.5) is 13.2 Å². The predicted octanol–water partition coefficient (Wildman–Crippen LogP) is 4.58. The molecule has 0 spiro atoms. The Hall–Kier alpha value is -0.450. The molecule has 0 aliphatic heterocycles. The lowest BCUT2D eigenvalue weighted by atomic mass is 9.77. The summed E-state index contributed by atoms with van der Waals surface area (Å²) in [5.41, 5.74) is 5.71. The zero-order chi connectivity index (χ0) is 12.6. The van der Waals surface area contributed by atoms with E-state index in [0.29, 0.717) is 5.56 Å². The third-order valence-electron chi connectivity index (χ3n) is 3.29. The van der Waals surface area contributed by atoms with Gasteiger partial charge in [-0.15, -0.1) is 12.4 Å². The monoisotopic (exact) mass is 299 g/mol. The molecule has 6 heteroatoms. The van der Waals surface area contributed by atoms with Crippen LogP contribution in [0.15, 0.2) is 18.2 Å². The minimum Gasteiger partial charge on any atom is -0.324 e. The van der Waals surface area contributed by atoms with E-state index in [9.17, 15) is 13.2 Å². The highest BCUT2D eigenvalue weighted by Gasteiger charge is 2.33. The van der Waals surface area contributed by atoms with E-state index >= 15 is 0 Å². The molecule has 0 bridgehead atoms. The van der Waals surface area contributed by atoms with Crippen LogP contribution in [0.5, 0.6) is 0 Å². The van der Waals surface area contributed by atoms with Crippen LogP contribution in [0.1, 0.15) is 36.4 Å². The second-order valence-electron chi connectivity index (χ2n) is 4.49. The van der Waals surface area contributed by atoms with Crippen LogP contribution in [0.3, 0.4) is 0 Å². The van der Waals surface area contributed by atoms with Gasteiger partial charge in [-0.1, -0.05) is 18.0 Å². The molecule has 0 amide bonds. The molecule has 1 aromatic rings. The average molecular weight is 300 g/mol. The number of nitrogens with two attached hydrogens (primary N) is 1. The maximum Gasteiger partial charge on any atom is 0.416 e. The molecule has 1 aromatic carbocycles. The van der Waals surface area contributed by atoms with Crippen LogP contribution in [0, 0.1) is 5.92 Å². The number of rotatable bonds is 2. The van der Waals surface area contributed by atoms with Crippen LogP contribution < -0.4 is 5.73 Å². The maximum atomic E-state index is 12.6. The van der Waals surface area contributed by atoms with Gasteiger partial charge in [-0.2, -0.15) is 13.2 Å². The van der Waals surface area contributed by atoms with Gasteiger partial charge in [0, 0.05) is 11.1 Å². The Labute approximate surface area is 115 Å². The first-order valence-corrected chi connectivity index (χ1v) is 5.89. The molecule has 2 N–H and O–H groups in total. The van der Waals surface area contributed by atoms with Crippen molar-refractivity contribution in [1.29, 1.82) is 0 Å². The van der Waals surface area contributed by atoms with Crippen molar-refractivity contribution in [3.8, 4) is 0 Å². The number of halogens is 5. The van der Waals surface area contributed by atoms with E-state index < -0.39 is 11.7 Å². The zero-order valence-corrected chi connectivity index (χ0v) is 11.1. The number of alkyl halides is 3. The second kappa shape index (κ2) is 5.68. The van der Waals surface area contributed by atoms with Gasteiger partial charge in [0.1, 0.15) is 0 Å². The Bertz CT molecular complexity index is 416. The van der Waals surface area contributed by atoms with Crippen molar-refractivity contribution < 1.29 is 13.2 Å². The Morgan fingerprint density at radius 3 is 2.28 bits per heavy atom. The summed E-state index contributed by atoms with van der Waals surface area (Å²) in [6.45, 7) is 0. The van der Waals surface area contributed by atoms with Crippen molar-refractivity contribution in [3.63, 3.8) is 0 Å². The minimum atomic E-state index is -4.38. The summed E-state index contributed by atoms with van der Waals surface area (Å²) in [4.78, 5) is 0. The summed E-state index contributed by atoms with van der Waals surface area (Å²) < 4.78 is 37.8. The predicted molar refractivity (Wildman–Crippen MR) is 68.0 cm³/mol. The first-order chi connectivity index (χ1) is 7.88. The van der Waals surface area contributed by atoms with Gasteiger partial charge in [-0.25, -0.2) is 0 Å².